The van der Waals surface area contributed by atoms with Crippen LogP contribution in [0.15, 0.2) is 64.4 Å². The van der Waals surface area contributed by atoms with E-state index in [1.54, 1.807) is 6.08 Å². The maximum atomic E-state index is 12.1. The van der Waals surface area contributed by atoms with Gasteiger partial charge in [-0.3, -0.25) is 4.79 Å². The summed E-state index contributed by atoms with van der Waals surface area (Å²) in [5.41, 5.74) is 2.85. The minimum atomic E-state index is -0.248. The standard InChI is InChI=1S/C19H21BrO2S/c1-3-13(2)12-17-18(21)16(19(22)23-17)7-5-4-6-14-8-10-15(20)11-9-14/h3,8-12,17,21H,1,4-7H2,2H3/b13-12+. The molecule has 1 aliphatic rings. The molecular weight excluding hydrogens is 372 g/mol. The molecule has 1 aromatic rings. The van der Waals surface area contributed by atoms with Crippen molar-refractivity contribution >= 4 is 32.8 Å². The number of carbonyl (C=O) groups excluding carboxylic acids is 1. The molecule has 0 radical (unpaired) electrons. The smallest absolute Gasteiger partial charge is 0.219 e. The number of unbranched alkanes of at least 4 members (excludes halogenated alkanes) is 1. The van der Waals surface area contributed by atoms with E-state index in [1.807, 2.05) is 25.1 Å². The highest BCUT2D eigenvalue weighted by Crippen LogP contribution is 2.36. The maximum absolute atomic E-state index is 12.1. The van der Waals surface area contributed by atoms with E-state index in [-0.39, 0.29) is 16.1 Å². The largest absolute Gasteiger partial charge is 0.510 e. The lowest BCUT2D eigenvalue weighted by Gasteiger charge is -2.05. The predicted molar refractivity (Wildman–Crippen MR) is 102 cm³/mol. The van der Waals surface area contributed by atoms with Crippen molar-refractivity contribution in [1.29, 1.82) is 0 Å². The van der Waals surface area contributed by atoms with E-state index in [0.29, 0.717) is 12.0 Å². The quantitative estimate of drug-likeness (QED) is 0.474. The van der Waals surface area contributed by atoms with Gasteiger partial charge in [0, 0.05) is 10.0 Å². The summed E-state index contributed by atoms with van der Waals surface area (Å²) in [7, 11) is 0. The lowest BCUT2D eigenvalue weighted by atomic mass is 10.0. The first-order chi connectivity index (χ1) is 11.0. The highest BCUT2D eigenvalue weighted by molar-refractivity contribution is 9.10. The van der Waals surface area contributed by atoms with Crippen molar-refractivity contribution in [3.8, 4) is 0 Å². The van der Waals surface area contributed by atoms with E-state index in [4.69, 9.17) is 0 Å². The second-order valence-electron chi connectivity index (χ2n) is 5.64. The summed E-state index contributed by atoms with van der Waals surface area (Å²) in [6.07, 6.45) is 7.16. The molecule has 122 valence electrons. The lowest BCUT2D eigenvalue weighted by Crippen LogP contribution is -1.99. The number of aliphatic hydroxyl groups is 1. The zero-order valence-electron chi connectivity index (χ0n) is 13.2. The van der Waals surface area contributed by atoms with Crippen LogP contribution in [0, 0.1) is 0 Å². The number of halogens is 1. The third-order valence-electron chi connectivity index (χ3n) is 3.85. The number of thioether (sulfide) groups is 1. The molecule has 0 fully saturated rings. The normalized spacial score (nSPS) is 18.6. The fourth-order valence-electron chi connectivity index (χ4n) is 2.45. The van der Waals surface area contributed by atoms with Gasteiger partial charge in [-0.05, 0) is 50.3 Å². The summed E-state index contributed by atoms with van der Waals surface area (Å²) in [5, 5.41) is 10.0. The summed E-state index contributed by atoms with van der Waals surface area (Å²) in [6.45, 7) is 5.62. The van der Waals surface area contributed by atoms with Gasteiger partial charge in [0.2, 0.25) is 5.12 Å². The maximum Gasteiger partial charge on any atom is 0.219 e. The van der Waals surface area contributed by atoms with E-state index in [1.165, 1.54) is 17.3 Å². The Kier molecular flexibility index (Phi) is 6.72. The molecule has 1 unspecified atom stereocenters. The minimum Gasteiger partial charge on any atom is -0.510 e. The third-order valence-corrected chi connectivity index (χ3v) is 5.45. The first-order valence-electron chi connectivity index (χ1n) is 7.69. The molecule has 0 aliphatic carbocycles. The molecule has 2 rings (SSSR count). The van der Waals surface area contributed by atoms with E-state index < -0.39 is 0 Å². The molecule has 23 heavy (non-hydrogen) atoms. The molecule has 0 spiro atoms. The van der Waals surface area contributed by atoms with Crippen LogP contribution in [-0.4, -0.2) is 15.5 Å². The molecule has 0 amide bonds. The van der Waals surface area contributed by atoms with Crippen LogP contribution < -0.4 is 0 Å². The lowest BCUT2D eigenvalue weighted by molar-refractivity contribution is -0.108. The Bertz CT molecular complexity index is 644. The van der Waals surface area contributed by atoms with Crippen LogP contribution in [-0.2, 0) is 11.2 Å². The van der Waals surface area contributed by atoms with Crippen LogP contribution in [0.2, 0.25) is 0 Å². The van der Waals surface area contributed by atoms with Crippen molar-refractivity contribution in [2.45, 2.75) is 37.9 Å². The highest BCUT2D eigenvalue weighted by Gasteiger charge is 2.31. The van der Waals surface area contributed by atoms with Crippen LogP contribution >= 0.6 is 27.7 Å². The van der Waals surface area contributed by atoms with Crippen molar-refractivity contribution < 1.29 is 9.90 Å². The number of hydrogen-bond acceptors (Lipinski definition) is 3. The van der Waals surface area contributed by atoms with Gasteiger partial charge >= 0.3 is 0 Å². The Labute approximate surface area is 150 Å². The van der Waals surface area contributed by atoms with Crippen molar-refractivity contribution in [1.82, 2.24) is 0 Å². The van der Waals surface area contributed by atoms with E-state index >= 15 is 0 Å². The van der Waals surface area contributed by atoms with Crippen LogP contribution in [0.3, 0.4) is 0 Å². The zero-order chi connectivity index (χ0) is 16.8. The number of allylic oxidation sites excluding steroid dienone is 2. The van der Waals surface area contributed by atoms with Crippen molar-refractivity contribution in [2.24, 2.45) is 0 Å². The van der Waals surface area contributed by atoms with E-state index in [9.17, 15) is 9.90 Å². The van der Waals surface area contributed by atoms with Gasteiger partial charge < -0.3 is 5.11 Å². The van der Waals surface area contributed by atoms with Crippen molar-refractivity contribution in [3.05, 3.63) is 69.9 Å². The second kappa shape index (κ2) is 8.55. The minimum absolute atomic E-state index is 0.00394. The van der Waals surface area contributed by atoms with Crippen molar-refractivity contribution in [2.75, 3.05) is 0 Å². The average molecular weight is 393 g/mol. The first kappa shape index (κ1) is 18.1. The third kappa shape index (κ3) is 5.11. The molecule has 1 N–H and O–H groups in total. The molecule has 0 saturated carbocycles. The van der Waals surface area contributed by atoms with Gasteiger partial charge in [-0.15, -0.1) is 0 Å². The molecule has 1 heterocycles. The zero-order valence-corrected chi connectivity index (χ0v) is 15.6. The van der Waals surface area contributed by atoms with Gasteiger partial charge in [-0.25, -0.2) is 0 Å². The molecule has 1 aromatic carbocycles. The van der Waals surface area contributed by atoms with Crippen LogP contribution in [0.4, 0.5) is 0 Å². The number of aryl methyl sites for hydroxylation is 1. The Balaban J connectivity index is 1.87. The fraction of sp³-hybridized carbons (Fsp3) is 0.316. The first-order valence-corrected chi connectivity index (χ1v) is 9.37. The van der Waals surface area contributed by atoms with Gasteiger partial charge in [0.05, 0.1) is 5.25 Å². The average Bonchev–Trinajstić information content (AvgIpc) is 2.80. The Morgan fingerprint density at radius 2 is 1.96 bits per heavy atom. The van der Waals surface area contributed by atoms with Gasteiger partial charge in [0.1, 0.15) is 5.76 Å². The Morgan fingerprint density at radius 3 is 2.61 bits per heavy atom. The molecule has 4 heteroatoms. The van der Waals surface area contributed by atoms with Crippen LogP contribution in [0.5, 0.6) is 0 Å². The second-order valence-corrected chi connectivity index (χ2v) is 7.67. The van der Waals surface area contributed by atoms with Gasteiger partial charge in [-0.1, -0.05) is 64.1 Å². The van der Waals surface area contributed by atoms with E-state index in [0.717, 1.165) is 29.3 Å². The number of hydrogen-bond donors (Lipinski definition) is 1. The summed E-state index contributed by atoms with van der Waals surface area (Å²) >= 11 is 4.62. The Morgan fingerprint density at radius 1 is 1.30 bits per heavy atom. The Hall–Kier alpha value is -1.26. The number of benzene rings is 1. The summed E-state index contributed by atoms with van der Waals surface area (Å²) in [5.74, 6) is 0.227. The number of carbonyl (C=O) groups is 1. The summed E-state index contributed by atoms with van der Waals surface area (Å²) < 4.78 is 1.08. The molecule has 2 nitrogen and oxygen atoms in total. The molecular formula is C19H21BrO2S. The number of aliphatic hydroxyl groups excluding tert-OH is 1. The van der Waals surface area contributed by atoms with Crippen LogP contribution in [0.1, 0.15) is 31.7 Å². The molecule has 0 aromatic heterocycles. The van der Waals surface area contributed by atoms with Gasteiger partial charge in [-0.2, -0.15) is 0 Å². The highest BCUT2D eigenvalue weighted by atomic mass is 79.9. The molecule has 1 atom stereocenters. The van der Waals surface area contributed by atoms with E-state index in [2.05, 4.69) is 34.6 Å². The van der Waals surface area contributed by atoms with Gasteiger partial charge in [0.15, 0.2) is 0 Å². The predicted octanol–water partition coefficient (Wildman–Crippen LogP) is 5.75. The topological polar surface area (TPSA) is 37.3 Å². The summed E-state index contributed by atoms with van der Waals surface area (Å²) in [6, 6.07) is 8.30. The molecule has 1 aliphatic heterocycles. The SMILES string of the molecule is C=C/C(C)=C/C1SC(=O)C(CCCCc2ccc(Br)cc2)=C1O. The molecule has 0 saturated heterocycles. The number of rotatable bonds is 7. The fourth-order valence-corrected chi connectivity index (χ4v) is 3.83. The summed E-state index contributed by atoms with van der Waals surface area (Å²) in [4.78, 5) is 12.1. The monoisotopic (exact) mass is 392 g/mol. The van der Waals surface area contributed by atoms with Crippen LogP contribution in [0.25, 0.3) is 0 Å². The van der Waals surface area contributed by atoms with Gasteiger partial charge in [0.25, 0.3) is 0 Å². The molecule has 0 bridgehead atoms. The van der Waals surface area contributed by atoms with Crippen molar-refractivity contribution in [3.63, 3.8) is 0 Å².